The molecule has 1 aromatic rings. The molecule has 1 aliphatic carbocycles. The zero-order valence-corrected chi connectivity index (χ0v) is 5.63. The maximum Gasteiger partial charge on any atom is 0.108 e. The smallest absolute Gasteiger partial charge is 0.108 e. The van der Waals surface area contributed by atoms with E-state index in [1.807, 2.05) is 30.3 Å². The van der Waals surface area contributed by atoms with Crippen molar-refractivity contribution < 1.29 is 4.39 Å². The van der Waals surface area contributed by atoms with E-state index in [0.717, 1.165) is 12.0 Å². The molecule has 10 heavy (non-hydrogen) atoms. The predicted molar refractivity (Wildman–Crippen MR) is 38.7 cm³/mol. The van der Waals surface area contributed by atoms with Gasteiger partial charge in [-0.3, -0.25) is 0 Å². The Hall–Kier alpha value is -0.850. The highest BCUT2D eigenvalue weighted by Crippen LogP contribution is 2.43. The molecule has 0 radical (unpaired) electrons. The summed E-state index contributed by atoms with van der Waals surface area (Å²) in [5.41, 5.74) is 1.15. The normalized spacial score (nSPS) is 30.1. The molecule has 1 fully saturated rings. The number of benzene rings is 1. The van der Waals surface area contributed by atoms with Gasteiger partial charge in [0.15, 0.2) is 0 Å². The van der Waals surface area contributed by atoms with Crippen molar-refractivity contribution in [3.63, 3.8) is 0 Å². The Morgan fingerprint density at radius 1 is 1.20 bits per heavy atom. The van der Waals surface area contributed by atoms with Crippen molar-refractivity contribution in [2.75, 3.05) is 0 Å². The third kappa shape index (κ3) is 0.919. The van der Waals surface area contributed by atoms with Crippen LogP contribution in [-0.4, -0.2) is 6.17 Å². The second-order valence-corrected chi connectivity index (χ2v) is 2.77. The van der Waals surface area contributed by atoms with E-state index >= 15 is 0 Å². The molecule has 1 aliphatic rings. The summed E-state index contributed by atoms with van der Waals surface area (Å²) >= 11 is 0. The van der Waals surface area contributed by atoms with Crippen LogP contribution in [-0.2, 0) is 0 Å². The summed E-state index contributed by atoms with van der Waals surface area (Å²) in [5, 5.41) is 0. The van der Waals surface area contributed by atoms with E-state index in [2.05, 4.69) is 0 Å². The first kappa shape index (κ1) is 5.90. The Bertz CT molecular complexity index is 217. The molecular formula is C9H9F. The molecular weight excluding hydrogens is 127 g/mol. The molecule has 0 bridgehead atoms. The molecule has 2 atom stereocenters. The summed E-state index contributed by atoms with van der Waals surface area (Å²) < 4.78 is 12.5. The highest BCUT2D eigenvalue weighted by atomic mass is 19.1. The first-order valence-corrected chi connectivity index (χ1v) is 3.57. The quantitative estimate of drug-likeness (QED) is 0.556. The van der Waals surface area contributed by atoms with Crippen LogP contribution in [0, 0.1) is 0 Å². The summed E-state index contributed by atoms with van der Waals surface area (Å²) in [4.78, 5) is 0. The number of alkyl halides is 1. The Morgan fingerprint density at radius 2 is 1.80 bits per heavy atom. The van der Waals surface area contributed by atoms with Gasteiger partial charge in [-0.25, -0.2) is 4.39 Å². The molecule has 1 aromatic carbocycles. The number of halogens is 1. The second-order valence-electron chi connectivity index (χ2n) is 2.77. The Kier molecular flexibility index (Phi) is 1.23. The third-order valence-electron chi connectivity index (χ3n) is 1.94. The fraction of sp³-hybridized carbons (Fsp3) is 0.333. The van der Waals surface area contributed by atoms with Crippen LogP contribution in [0.3, 0.4) is 0 Å². The van der Waals surface area contributed by atoms with Gasteiger partial charge in [0.2, 0.25) is 0 Å². The molecule has 0 spiro atoms. The average molecular weight is 136 g/mol. The molecule has 1 saturated carbocycles. The van der Waals surface area contributed by atoms with Crippen LogP contribution in [0.2, 0.25) is 0 Å². The summed E-state index contributed by atoms with van der Waals surface area (Å²) in [6, 6.07) is 9.86. The highest BCUT2D eigenvalue weighted by molar-refractivity contribution is 5.26. The first-order valence-electron chi connectivity index (χ1n) is 3.57. The molecule has 0 amide bonds. The van der Waals surface area contributed by atoms with Crippen LogP contribution in [0.25, 0.3) is 0 Å². The predicted octanol–water partition coefficient (Wildman–Crippen LogP) is 2.51. The van der Waals surface area contributed by atoms with Gasteiger partial charge in [-0.05, 0) is 12.0 Å². The molecule has 0 saturated heterocycles. The Labute approximate surface area is 59.7 Å². The van der Waals surface area contributed by atoms with Gasteiger partial charge in [0.05, 0.1) is 0 Å². The van der Waals surface area contributed by atoms with Crippen LogP contribution in [0.15, 0.2) is 30.3 Å². The lowest BCUT2D eigenvalue weighted by atomic mass is 10.1. The topological polar surface area (TPSA) is 0 Å². The molecule has 0 aliphatic heterocycles. The van der Waals surface area contributed by atoms with Crippen LogP contribution < -0.4 is 0 Å². The van der Waals surface area contributed by atoms with Crippen molar-refractivity contribution in [1.29, 1.82) is 0 Å². The summed E-state index contributed by atoms with van der Waals surface area (Å²) in [6.07, 6.45) is 0.159. The lowest BCUT2D eigenvalue weighted by Gasteiger charge is -1.93. The standard InChI is InChI=1S/C9H9F/c10-9-6-8(9)7-4-2-1-3-5-7/h1-5,8-9H,6H2/t8-,9+/m0/s1. The minimum Gasteiger partial charge on any atom is -0.247 e. The number of rotatable bonds is 1. The molecule has 0 heterocycles. The fourth-order valence-corrected chi connectivity index (χ4v) is 1.21. The van der Waals surface area contributed by atoms with Gasteiger partial charge in [-0.15, -0.1) is 0 Å². The number of hydrogen-bond donors (Lipinski definition) is 0. The van der Waals surface area contributed by atoms with E-state index in [4.69, 9.17) is 0 Å². The molecule has 1 heteroatoms. The minimum absolute atomic E-state index is 0.209. The Morgan fingerprint density at radius 3 is 2.30 bits per heavy atom. The Balaban J connectivity index is 2.20. The maximum absolute atomic E-state index is 12.5. The van der Waals surface area contributed by atoms with Crippen molar-refractivity contribution in [3.05, 3.63) is 35.9 Å². The lowest BCUT2D eigenvalue weighted by molar-refractivity contribution is 0.468. The van der Waals surface area contributed by atoms with E-state index in [1.165, 1.54) is 0 Å². The van der Waals surface area contributed by atoms with Gasteiger partial charge >= 0.3 is 0 Å². The van der Waals surface area contributed by atoms with Crippen LogP contribution >= 0.6 is 0 Å². The summed E-state index contributed by atoms with van der Waals surface area (Å²) in [5.74, 6) is 0.209. The summed E-state index contributed by atoms with van der Waals surface area (Å²) in [6.45, 7) is 0. The van der Waals surface area contributed by atoms with Crippen molar-refractivity contribution >= 4 is 0 Å². The van der Waals surface area contributed by atoms with Crippen LogP contribution in [0.5, 0.6) is 0 Å². The van der Waals surface area contributed by atoms with Crippen molar-refractivity contribution in [2.24, 2.45) is 0 Å². The van der Waals surface area contributed by atoms with E-state index in [0.29, 0.717) is 0 Å². The van der Waals surface area contributed by atoms with Gasteiger partial charge < -0.3 is 0 Å². The molecule has 0 aromatic heterocycles. The number of hydrogen-bond acceptors (Lipinski definition) is 0. The van der Waals surface area contributed by atoms with Gasteiger partial charge in [0.25, 0.3) is 0 Å². The van der Waals surface area contributed by atoms with E-state index in [9.17, 15) is 4.39 Å². The van der Waals surface area contributed by atoms with Crippen molar-refractivity contribution in [3.8, 4) is 0 Å². The minimum atomic E-state index is -0.567. The molecule has 0 unspecified atom stereocenters. The van der Waals surface area contributed by atoms with Crippen molar-refractivity contribution in [2.45, 2.75) is 18.5 Å². The summed E-state index contributed by atoms with van der Waals surface area (Å²) in [7, 11) is 0. The van der Waals surface area contributed by atoms with Gasteiger partial charge in [-0.1, -0.05) is 30.3 Å². The second kappa shape index (κ2) is 2.08. The third-order valence-corrected chi connectivity index (χ3v) is 1.94. The highest BCUT2D eigenvalue weighted by Gasteiger charge is 2.38. The van der Waals surface area contributed by atoms with E-state index in [1.54, 1.807) is 0 Å². The fourth-order valence-electron chi connectivity index (χ4n) is 1.21. The van der Waals surface area contributed by atoms with Gasteiger partial charge in [-0.2, -0.15) is 0 Å². The van der Waals surface area contributed by atoms with Crippen LogP contribution in [0.1, 0.15) is 17.9 Å². The largest absolute Gasteiger partial charge is 0.247 e. The monoisotopic (exact) mass is 136 g/mol. The lowest BCUT2D eigenvalue weighted by Crippen LogP contribution is -1.79. The first-order chi connectivity index (χ1) is 4.88. The zero-order chi connectivity index (χ0) is 6.97. The van der Waals surface area contributed by atoms with Gasteiger partial charge in [0, 0.05) is 5.92 Å². The van der Waals surface area contributed by atoms with E-state index in [-0.39, 0.29) is 5.92 Å². The molecule has 0 N–H and O–H groups in total. The van der Waals surface area contributed by atoms with Crippen molar-refractivity contribution in [1.82, 2.24) is 0 Å². The zero-order valence-electron chi connectivity index (χ0n) is 5.63. The van der Waals surface area contributed by atoms with E-state index < -0.39 is 6.17 Å². The average Bonchev–Trinajstić information content (AvgIpc) is 2.69. The maximum atomic E-state index is 12.5. The molecule has 52 valence electrons. The molecule has 0 nitrogen and oxygen atoms in total. The SMILES string of the molecule is F[C@@H]1C[C@H]1c1ccccc1. The van der Waals surface area contributed by atoms with Crippen LogP contribution in [0.4, 0.5) is 4.39 Å². The van der Waals surface area contributed by atoms with Gasteiger partial charge in [0.1, 0.15) is 6.17 Å². The molecule has 2 rings (SSSR count).